The molecule has 0 aliphatic carbocycles. The maximum Gasteiger partial charge on any atom is 0.165 e. The summed E-state index contributed by atoms with van der Waals surface area (Å²) in [6.45, 7) is 2.05. The van der Waals surface area contributed by atoms with E-state index < -0.39 is 0 Å². The van der Waals surface area contributed by atoms with Crippen LogP contribution in [0.25, 0.3) is 0 Å². The third-order valence-electron chi connectivity index (χ3n) is 4.50. The van der Waals surface area contributed by atoms with Crippen molar-refractivity contribution in [3.05, 3.63) is 99.5 Å². The minimum atomic E-state index is 0.143. The Labute approximate surface area is 169 Å². The zero-order chi connectivity index (χ0) is 19.1. The first-order valence-corrected chi connectivity index (χ1v) is 9.89. The summed E-state index contributed by atoms with van der Waals surface area (Å²) < 4.78 is 1.01. The van der Waals surface area contributed by atoms with Gasteiger partial charge in [-0.1, -0.05) is 64.5 Å². The number of rotatable bonds is 7. The molecule has 0 N–H and O–H groups in total. The molecular weight excluding hydrogens is 398 g/mol. The van der Waals surface area contributed by atoms with Crippen molar-refractivity contribution in [1.82, 2.24) is 0 Å². The summed E-state index contributed by atoms with van der Waals surface area (Å²) in [4.78, 5) is 17.3. The molecule has 0 saturated heterocycles. The molecule has 3 aromatic carbocycles. The number of nitrogens with zero attached hydrogens (tertiary/aromatic N) is 1. The van der Waals surface area contributed by atoms with Crippen LogP contribution in [0.4, 0.5) is 5.69 Å². The highest BCUT2D eigenvalue weighted by Gasteiger charge is 2.10. The SMILES string of the molecule is Cc1ccc(Br)cc1C=Nc1ccccc1C(=O)CCCc1ccccc1. The van der Waals surface area contributed by atoms with Gasteiger partial charge in [0, 0.05) is 22.7 Å². The standard InChI is InChI=1S/C24H22BrNO/c1-18-14-15-21(25)16-20(18)17-26-23-12-6-5-11-22(23)24(27)13-7-10-19-8-3-2-4-9-19/h2-6,8-9,11-12,14-17H,7,10,13H2,1H3. The van der Waals surface area contributed by atoms with E-state index in [0.29, 0.717) is 12.0 Å². The number of aryl methyl sites for hydroxylation is 2. The molecule has 3 heteroatoms. The summed E-state index contributed by atoms with van der Waals surface area (Å²) in [7, 11) is 0. The first-order valence-electron chi connectivity index (χ1n) is 9.10. The molecule has 0 heterocycles. The molecular formula is C24H22BrNO. The lowest BCUT2D eigenvalue weighted by molar-refractivity contribution is 0.0981. The third kappa shape index (κ3) is 5.48. The summed E-state index contributed by atoms with van der Waals surface area (Å²) in [5, 5.41) is 0. The molecule has 3 aromatic rings. The molecule has 0 radical (unpaired) electrons. The van der Waals surface area contributed by atoms with Crippen molar-refractivity contribution in [2.75, 3.05) is 0 Å². The van der Waals surface area contributed by atoms with Crippen molar-refractivity contribution >= 4 is 33.6 Å². The largest absolute Gasteiger partial charge is 0.294 e. The number of hydrogen-bond acceptors (Lipinski definition) is 2. The molecule has 0 saturated carbocycles. The first kappa shape index (κ1) is 19.2. The van der Waals surface area contributed by atoms with Gasteiger partial charge in [-0.2, -0.15) is 0 Å². The molecule has 27 heavy (non-hydrogen) atoms. The number of carbonyl (C=O) groups is 1. The predicted octanol–water partition coefficient (Wildman–Crippen LogP) is 6.71. The Hall–Kier alpha value is -2.52. The quantitative estimate of drug-likeness (QED) is 0.308. The van der Waals surface area contributed by atoms with E-state index in [9.17, 15) is 4.79 Å². The van der Waals surface area contributed by atoms with Crippen LogP contribution in [0.1, 0.15) is 39.9 Å². The molecule has 0 spiro atoms. The van der Waals surface area contributed by atoms with Crippen LogP contribution in [0.2, 0.25) is 0 Å². The lowest BCUT2D eigenvalue weighted by atomic mass is 10.0. The van der Waals surface area contributed by atoms with E-state index in [1.807, 2.05) is 66.9 Å². The van der Waals surface area contributed by atoms with Gasteiger partial charge in [0.1, 0.15) is 0 Å². The Morgan fingerprint density at radius 1 is 1.00 bits per heavy atom. The highest BCUT2D eigenvalue weighted by Crippen LogP contribution is 2.22. The van der Waals surface area contributed by atoms with Crippen molar-refractivity contribution in [3.8, 4) is 0 Å². The van der Waals surface area contributed by atoms with E-state index >= 15 is 0 Å². The molecule has 0 bridgehead atoms. The third-order valence-corrected chi connectivity index (χ3v) is 4.99. The van der Waals surface area contributed by atoms with Gasteiger partial charge >= 0.3 is 0 Å². The predicted molar refractivity (Wildman–Crippen MR) is 116 cm³/mol. The van der Waals surface area contributed by atoms with E-state index in [4.69, 9.17) is 0 Å². The summed E-state index contributed by atoms with van der Waals surface area (Å²) in [6.07, 6.45) is 4.11. The number of para-hydroxylation sites is 1. The molecule has 0 aromatic heterocycles. The molecule has 0 aliphatic heterocycles. The van der Waals surface area contributed by atoms with Crippen LogP contribution in [-0.4, -0.2) is 12.0 Å². The number of halogens is 1. The Kier molecular flexibility index (Phi) is 6.72. The van der Waals surface area contributed by atoms with Gasteiger partial charge < -0.3 is 0 Å². The van der Waals surface area contributed by atoms with E-state index in [0.717, 1.165) is 34.1 Å². The monoisotopic (exact) mass is 419 g/mol. The highest BCUT2D eigenvalue weighted by atomic mass is 79.9. The topological polar surface area (TPSA) is 29.4 Å². The van der Waals surface area contributed by atoms with E-state index in [2.05, 4.69) is 40.0 Å². The lowest BCUT2D eigenvalue weighted by Gasteiger charge is -2.06. The minimum absolute atomic E-state index is 0.143. The molecule has 0 unspecified atom stereocenters. The minimum Gasteiger partial charge on any atom is -0.294 e. The summed E-state index contributed by atoms with van der Waals surface area (Å²) in [5.74, 6) is 0.143. The fourth-order valence-corrected chi connectivity index (χ4v) is 3.32. The molecule has 3 rings (SSSR count). The Morgan fingerprint density at radius 2 is 1.74 bits per heavy atom. The fourth-order valence-electron chi connectivity index (χ4n) is 2.94. The van der Waals surface area contributed by atoms with Crippen molar-refractivity contribution in [2.45, 2.75) is 26.2 Å². The van der Waals surface area contributed by atoms with Crippen molar-refractivity contribution in [2.24, 2.45) is 4.99 Å². The van der Waals surface area contributed by atoms with Crippen LogP contribution in [0.15, 0.2) is 82.3 Å². The maximum absolute atomic E-state index is 12.7. The summed E-state index contributed by atoms with van der Waals surface area (Å²) in [6, 6.07) is 23.9. The number of carbonyl (C=O) groups excluding carboxylic acids is 1. The van der Waals surface area contributed by atoms with Gasteiger partial charge in [0.25, 0.3) is 0 Å². The maximum atomic E-state index is 12.7. The average molecular weight is 420 g/mol. The van der Waals surface area contributed by atoms with Crippen LogP contribution < -0.4 is 0 Å². The fraction of sp³-hybridized carbons (Fsp3) is 0.167. The Morgan fingerprint density at radius 3 is 2.56 bits per heavy atom. The van der Waals surface area contributed by atoms with Crippen LogP contribution in [0.5, 0.6) is 0 Å². The zero-order valence-electron chi connectivity index (χ0n) is 15.4. The second-order valence-electron chi connectivity index (χ2n) is 6.54. The Balaban J connectivity index is 1.70. The van der Waals surface area contributed by atoms with E-state index in [1.54, 1.807) is 0 Å². The molecule has 0 atom stereocenters. The van der Waals surface area contributed by atoms with Gasteiger partial charge in [-0.05, 0) is 60.7 Å². The number of benzene rings is 3. The number of Topliss-reactive ketones (excluding diaryl/α,β-unsaturated/α-hetero) is 1. The molecule has 0 fully saturated rings. The van der Waals surface area contributed by atoms with Crippen molar-refractivity contribution in [3.63, 3.8) is 0 Å². The number of aliphatic imine (C=N–C) groups is 1. The molecule has 136 valence electrons. The molecule has 0 amide bonds. The summed E-state index contributed by atoms with van der Waals surface area (Å²) in [5.41, 5.74) is 4.86. The highest BCUT2D eigenvalue weighted by molar-refractivity contribution is 9.10. The lowest BCUT2D eigenvalue weighted by Crippen LogP contribution is -2.00. The van der Waals surface area contributed by atoms with Crippen LogP contribution in [0, 0.1) is 6.92 Å². The van der Waals surface area contributed by atoms with Crippen LogP contribution >= 0.6 is 15.9 Å². The van der Waals surface area contributed by atoms with Gasteiger partial charge in [0.2, 0.25) is 0 Å². The summed E-state index contributed by atoms with van der Waals surface area (Å²) >= 11 is 3.49. The van der Waals surface area contributed by atoms with Crippen LogP contribution in [0.3, 0.4) is 0 Å². The van der Waals surface area contributed by atoms with Gasteiger partial charge in [-0.15, -0.1) is 0 Å². The zero-order valence-corrected chi connectivity index (χ0v) is 16.9. The van der Waals surface area contributed by atoms with Gasteiger partial charge in [-0.25, -0.2) is 0 Å². The Bertz CT molecular complexity index is 948. The normalized spacial score (nSPS) is 11.0. The van der Waals surface area contributed by atoms with E-state index in [-0.39, 0.29) is 5.78 Å². The van der Waals surface area contributed by atoms with Crippen molar-refractivity contribution < 1.29 is 4.79 Å². The van der Waals surface area contributed by atoms with Crippen LogP contribution in [-0.2, 0) is 6.42 Å². The molecule has 0 aliphatic rings. The van der Waals surface area contributed by atoms with Crippen molar-refractivity contribution in [1.29, 1.82) is 0 Å². The van der Waals surface area contributed by atoms with Gasteiger partial charge in [-0.3, -0.25) is 9.79 Å². The van der Waals surface area contributed by atoms with Gasteiger partial charge in [0.05, 0.1) is 5.69 Å². The second kappa shape index (κ2) is 9.43. The number of ketones is 1. The second-order valence-corrected chi connectivity index (χ2v) is 7.45. The smallest absolute Gasteiger partial charge is 0.165 e. The first-order chi connectivity index (χ1) is 13.1. The molecule has 2 nitrogen and oxygen atoms in total. The number of hydrogen-bond donors (Lipinski definition) is 0. The van der Waals surface area contributed by atoms with Gasteiger partial charge in [0.15, 0.2) is 5.78 Å². The average Bonchev–Trinajstić information content (AvgIpc) is 2.69. The van der Waals surface area contributed by atoms with E-state index in [1.165, 1.54) is 5.56 Å².